The predicted octanol–water partition coefficient (Wildman–Crippen LogP) is 4.12. The molecule has 0 aliphatic heterocycles. The zero-order chi connectivity index (χ0) is 13.0. The topological polar surface area (TPSA) is 12.0 Å². The summed E-state index contributed by atoms with van der Waals surface area (Å²) in [5, 5.41) is 5.71. The lowest BCUT2D eigenvalue weighted by Gasteiger charge is -2.23. The van der Waals surface area contributed by atoms with Crippen molar-refractivity contribution in [3.8, 4) is 0 Å². The molecule has 2 heteroatoms. The Balaban J connectivity index is 1.89. The molecular formula is C16H21NS. The molecule has 0 saturated carbocycles. The maximum Gasteiger partial charge on any atom is 0.0205 e. The van der Waals surface area contributed by atoms with Crippen LogP contribution in [0.3, 0.4) is 0 Å². The Morgan fingerprint density at radius 1 is 1.17 bits per heavy atom. The molecule has 1 aromatic carbocycles. The largest absolute Gasteiger partial charge is 0.312 e. The quantitative estimate of drug-likeness (QED) is 0.851. The minimum absolute atomic E-state index is 0.206. The first kappa shape index (κ1) is 13.3. The summed E-state index contributed by atoms with van der Waals surface area (Å²) in [4.78, 5) is 1.44. The normalized spacial score (nSPS) is 11.7. The molecular weight excluding hydrogens is 238 g/mol. The average molecular weight is 259 g/mol. The van der Waals surface area contributed by atoms with E-state index in [4.69, 9.17) is 0 Å². The Hall–Kier alpha value is -1.12. The molecule has 0 radical (unpaired) electrons. The molecule has 0 aliphatic carbocycles. The number of thiophene rings is 1. The van der Waals surface area contributed by atoms with Gasteiger partial charge >= 0.3 is 0 Å². The number of nitrogens with one attached hydrogen (secondary N) is 1. The maximum absolute atomic E-state index is 3.56. The molecule has 2 aromatic rings. The number of hydrogen-bond acceptors (Lipinski definition) is 2. The van der Waals surface area contributed by atoms with Crippen LogP contribution in [0.5, 0.6) is 0 Å². The fraction of sp³-hybridized carbons (Fsp3) is 0.375. The highest BCUT2D eigenvalue weighted by Gasteiger charge is 2.20. The van der Waals surface area contributed by atoms with Crippen LogP contribution in [-0.4, -0.2) is 6.54 Å². The van der Waals surface area contributed by atoms with E-state index in [2.05, 4.69) is 67.9 Å². The highest BCUT2D eigenvalue weighted by molar-refractivity contribution is 7.10. The van der Waals surface area contributed by atoms with Crippen molar-refractivity contribution in [1.82, 2.24) is 5.32 Å². The first-order valence-corrected chi connectivity index (χ1v) is 7.26. The van der Waals surface area contributed by atoms with Gasteiger partial charge in [0, 0.05) is 23.4 Å². The van der Waals surface area contributed by atoms with Crippen molar-refractivity contribution < 1.29 is 0 Å². The van der Waals surface area contributed by atoms with Crippen LogP contribution >= 0.6 is 11.3 Å². The fourth-order valence-corrected chi connectivity index (χ4v) is 2.94. The lowest BCUT2D eigenvalue weighted by molar-refractivity contribution is 0.477. The third-order valence-electron chi connectivity index (χ3n) is 3.17. The zero-order valence-corrected chi connectivity index (χ0v) is 12.2. The van der Waals surface area contributed by atoms with E-state index in [0.717, 1.165) is 13.1 Å². The van der Waals surface area contributed by atoms with Gasteiger partial charge in [-0.05, 0) is 23.9 Å². The second-order valence-corrected chi connectivity index (χ2v) is 6.40. The number of aryl methyl sites for hydroxylation is 1. The van der Waals surface area contributed by atoms with Crippen molar-refractivity contribution in [1.29, 1.82) is 0 Å². The van der Waals surface area contributed by atoms with Crippen LogP contribution in [0.15, 0.2) is 41.8 Å². The number of hydrogen-bond donors (Lipinski definition) is 1. The van der Waals surface area contributed by atoms with Gasteiger partial charge in [-0.2, -0.15) is 0 Å². The van der Waals surface area contributed by atoms with Crippen molar-refractivity contribution in [2.75, 3.05) is 6.54 Å². The average Bonchev–Trinajstić information content (AvgIpc) is 2.83. The fourth-order valence-electron chi connectivity index (χ4n) is 2.09. The summed E-state index contributed by atoms with van der Waals surface area (Å²) in [6, 6.07) is 13.0. The Labute approximate surface area is 114 Å². The summed E-state index contributed by atoms with van der Waals surface area (Å²) in [5.41, 5.74) is 2.89. The van der Waals surface area contributed by atoms with Crippen molar-refractivity contribution in [2.45, 2.75) is 32.7 Å². The SMILES string of the molecule is Cc1cccc(CNCC(C)(C)c2cccs2)c1. The molecule has 96 valence electrons. The molecule has 0 unspecified atom stereocenters. The third-order valence-corrected chi connectivity index (χ3v) is 4.40. The smallest absolute Gasteiger partial charge is 0.0205 e. The van der Waals surface area contributed by atoms with Crippen LogP contribution < -0.4 is 5.32 Å². The Morgan fingerprint density at radius 3 is 2.67 bits per heavy atom. The minimum Gasteiger partial charge on any atom is -0.312 e. The molecule has 0 bridgehead atoms. The summed E-state index contributed by atoms with van der Waals surface area (Å²) in [6.07, 6.45) is 0. The highest BCUT2D eigenvalue weighted by atomic mass is 32.1. The summed E-state index contributed by atoms with van der Waals surface area (Å²) < 4.78 is 0. The Bertz CT molecular complexity index is 486. The highest BCUT2D eigenvalue weighted by Crippen LogP contribution is 2.26. The number of rotatable bonds is 5. The van der Waals surface area contributed by atoms with E-state index in [0.29, 0.717) is 0 Å². The minimum atomic E-state index is 0.206. The van der Waals surface area contributed by atoms with Crippen molar-refractivity contribution in [2.24, 2.45) is 0 Å². The molecule has 0 amide bonds. The molecule has 18 heavy (non-hydrogen) atoms. The van der Waals surface area contributed by atoms with Crippen LogP contribution in [0.1, 0.15) is 29.9 Å². The number of benzene rings is 1. The maximum atomic E-state index is 3.56. The molecule has 1 nitrogen and oxygen atoms in total. The molecule has 0 atom stereocenters. The van der Waals surface area contributed by atoms with E-state index >= 15 is 0 Å². The Morgan fingerprint density at radius 2 is 2.00 bits per heavy atom. The summed E-state index contributed by atoms with van der Waals surface area (Å²) >= 11 is 1.84. The van der Waals surface area contributed by atoms with Gasteiger partial charge < -0.3 is 5.32 Å². The van der Waals surface area contributed by atoms with Crippen LogP contribution in [0.4, 0.5) is 0 Å². The van der Waals surface area contributed by atoms with Gasteiger partial charge in [0.25, 0.3) is 0 Å². The lowest BCUT2D eigenvalue weighted by Crippen LogP contribution is -2.31. The lowest BCUT2D eigenvalue weighted by atomic mass is 9.91. The van der Waals surface area contributed by atoms with Crippen LogP contribution in [0.2, 0.25) is 0 Å². The van der Waals surface area contributed by atoms with Gasteiger partial charge in [-0.1, -0.05) is 49.7 Å². The molecule has 2 rings (SSSR count). The second-order valence-electron chi connectivity index (χ2n) is 5.45. The van der Waals surface area contributed by atoms with Gasteiger partial charge in [0.05, 0.1) is 0 Å². The zero-order valence-electron chi connectivity index (χ0n) is 11.4. The van der Waals surface area contributed by atoms with Crippen molar-refractivity contribution in [3.05, 3.63) is 57.8 Å². The molecule has 1 aromatic heterocycles. The van der Waals surface area contributed by atoms with E-state index in [-0.39, 0.29) is 5.41 Å². The van der Waals surface area contributed by atoms with E-state index in [1.54, 1.807) is 0 Å². The van der Waals surface area contributed by atoms with Crippen LogP contribution in [-0.2, 0) is 12.0 Å². The molecule has 0 aliphatic rings. The van der Waals surface area contributed by atoms with Gasteiger partial charge in [0.1, 0.15) is 0 Å². The molecule has 0 spiro atoms. The van der Waals surface area contributed by atoms with Crippen molar-refractivity contribution >= 4 is 11.3 Å². The summed E-state index contributed by atoms with van der Waals surface area (Å²) in [6.45, 7) is 8.67. The molecule has 0 fully saturated rings. The van der Waals surface area contributed by atoms with Gasteiger partial charge in [0.15, 0.2) is 0 Å². The molecule has 1 N–H and O–H groups in total. The van der Waals surface area contributed by atoms with Crippen LogP contribution in [0, 0.1) is 6.92 Å². The molecule has 0 saturated heterocycles. The monoisotopic (exact) mass is 259 g/mol. The standard InChI is InChI=1S/C16H21NS/c1-13-6-4-7-14(10-13)11-17-12-16(2,3)15-8-5-9-18-15/h4-10,17H,11-12H2,1-3H3. The van der Waals surface area contributed by atoms with Gasteiger partial charge in [-0.15, -0.1) is 11.3 Å². The third kappa shape index (κ3) is 3.44. The summed E-state index contributed by atoms with van der Waals surface area (Å²) in [5.74, 6) is 0. The Kier molecular flexibility index (Phi) is 4.20. The van der Waals surface area contributed by atoms with E-state index < -0.39 is 0 Å². The predicted molar refractivity (Wildman–Crippen MR) is 80.2 cm³/mol. The first-order valence-electron chi connectivity index (χ1n) is 6.38. The van der Waals surface area contributed by atoms with E-state index in [1.165, 1.54) is 16.0 Å². The van der Waals surface area contributed by atoms with Gasteiger partial charge in [0.2, 0.25) is 0 Å². The van der Waals surface area contributed by atoms with E-state index in [9.17, 15) is 0 Å². The van der Waals surface area contributed by atoms with Crippen LogP contribution in [0.25, 0.3) is 0 Å². The van der Waals surface area contributed by atoms with Gasteiger partial charge in [-0.25, -0.2) is 0 Å². The first-order chi connectivity index (χ1) is 8.58. The second kappa shape index (κ2) is 5.68. The van der Waals surface area contributed by atoms with Crippen molar-refractivity contribution in [3.63, 3.8) is 0 Å². The van der Waals surface area contributed by atoms with Gasteiger partial charge in [-0.3, -0.25) is 0 Å². The summed E-state index contributed by atoms with van der Waals surface area (Å²) in [7, 11) is 0. The van der Waals surface area contributed by atoms with E-state index in [1.807, 2.05) is 11.3 Å². The molecule has 1 heterocycles.